The molecule has 0 N–H and O–H groups in total. The highest BCUT2D eigenvalue weighted by Crippen LogP contribution is 2.07. The lowest BCUT2D eigenvalue weighted by Gasteiger charge is -1.93. The van der Waals surface area contributed by atoms with E-state index in [4.69, 9.17) is 0 Å². The highest BCUT2D eigenvalue weighted by molar-refractivity contribution is 5.50. The third-order valence-electron chi connectivity index (χ3n) is 3.65. The van der Waals surface area contributed by atoms with Gasteiger partial charge in [-0.15, -0.1) is 0 Å². The summed E-state index contributed by atoms with van der Waals surface area (Å²) in [5.74, 6) is 0. The maximum absolute atomic E-state index is 11.0. The lowest BCUT2D eigenvalue weighted by molar-refractivity contribution is -0.427. The molecule has 0 unspecified atom stereocenters. The van der Waals surface area contributed by atoms with Gasteiger partial charge in [-0.05, 0) is 44.6 Å². The summed E-state index contributed by atoms with van der Waals surface area (Å²) in [6.07, 6.45) is 28.0. The topological polar surface area (TPSA) is 60.2 Å². The summed E-state index contributed by atoms with van der Waals surface area (Å²) in [6.45, 7) is 2.21. The lowest BCUT2D eigenvalue weighted by atomic mass is 10.2. The van der Waals surface area contributed by atoms with E-state index in [9.17, 15) is 14.9 Å². The van der Waals surface area contributed by atoms with Crippen LogP contribution in [-0.2, 0) is 4.79 Å². The highest BCUT2D eigenvalue weighted by Gasteiger charge is 2.06. The summed E-state index contributed by atoms with van der Waals surface area (Å²) >= 11 is 0. The van der Waals surface area contributed by atoms with Gasteiger partial charge >= 0.3 is 0 Å². The van der Waals surface area contributed by atoms with E-state index in [2.05, 4.69) is 31.2 Å². The Morgan fingerprint density at radius 2 is 1.50 bits per heavy atom. The molecule has 0 fully saturated rings. The third-order valence-corrected chi connectivity index (χ3v) is 3.65. The van der Waals surface area contributed by atoms with E-state index in [1.54, 1.807) is 6.08 Å². The Morgan fingerprint density at radius 1 is 0.885 bits per heavy atom. The van der Waals surface area contributed by atoms with Crippen molar-refractivity contribution in [1.29, 1.82) is 0 Å². The van der Waals surface area contributed by atoms with E-state index in [-0.39, 0.29) is 10.6 Å². The van der Waals surface area contributed by atoms with Crippen LogP contribution in [0.15, 0.2) is 60.4 Å². The van der Waals surface area contributed by atoms with Crippen LogP contribution in [0.25, 0.3) is 0 Å². The standard InChI is InChI=1S/C22H32NO3/c1-2-3-4-5-6-7-8-9-10-11-13-16-19-22(23(25)26)20-17-14-12-15-18-21-24/h6-7,9-10,12-14,16,20H,2-5,8,11,15,17-19H2,1H3. The molecule has 0 atom stereocenters. The molecule has 1 radical (unpaired) electrons. The molecule has 0 saturated carbocycles. The fourth-order valence-electron chi connectivity index (χ4n) is 2.17. The van der Waals surface area contributed by atoms with Crippen molar-refractivity contribution in [1.82, 2.24) is 0 Å². The number of rotatable bonds is 16. The number of allylic oxidation sites excluding steroid dienone is 9. The van der Waals surface area contributed by atoms with Crippen LogP contribution in [0.4, 0.5) is 0 Å². The van der Waals surface area contributed by atoms with E-state index in [0.717, 1.165) is 19.3 Å². The molecular formula is C22H32NO3. The normalized spacial score (nSPS) is 12.9. The molecular weight excluding hydrogens is 326 g/mol. The van der Waals surface area contributed by atoms with Gasteiger partial charge in [-0.25, -0.2) is 0 Å². The van der Waals surface area contributed by atoms with Crippen molar-refractivity contribution in [3.8, 4) is 0 Å². The first kappa shape index (κ1) is 23.8. The zero-order valence-electron chi connectivity index (χ0n) is 15.9. The van der Waals surface area contributed by atoms with E-state index in [1.807, 2.05) is 30.6 Å². The number of nitrogens with zero attached hydrogens (tertiary/aromatic N) is 1. The fraction of sp³-hybridized carbons (Fsp3) is 0.500. The van der Waals surface area contributed by atoms with Crippen molar-refractivity contribution in [3.63, 3.8) is 0 Å². The molecule has 0 bridgehead atoms. The van der Waals surface area contributed by atoms with Gasteiger partial charge in [-0.1, -0.05) is 68.4 Å². The Bertz CT molecular complexity index is 513. The van der Waals surface area contributed by atoms with Gasteiger partial charge in [0, 0.05) is 6.42 Å². The molecule has 143 valence electrons. The second-order valence-electron chi connectivity index (χ2n) is 5.93. The monoisotopic (exact) mass is 358 g/mol. The summed E-state index contributed by atoms with van der Waals surface area (Å²) in [5, 5.41) is 11.0. The van der Waals surface area contributed by atoms with Crippen molar-refractivity contribution < 1.29 is 9.72 Å². The number of hydrogen-bond donors (Lipinski definition) is 0. The van der Waals surface area contributed by atoms with E-state index in [0.29, 0.717) is 25.7 Å². The van der Waals surface area contributed by atoms with Gasteiger partial charge in [0.15, 0.2) is 6.29 Å². The number of nitro groups is 1. The minimum Gasteiger partial charge on any atom is -0.291 e. The summed E-state index contributed by atoms with van der Waals surface area (Å²) in [6, 6.07) is 0. The summed E-state index contributed by atoms with van der Waals surface area (Å²) in [4.78, 5) is 20.7. The SMILES string of the molecule is CCCCCC=CCC=CCC=CCC(=CCC=CCC[C]=O)[N+](=O)[O-]. The first-order chi connectivity index (χ1) is 12.7. The van der Waals surface area contributed by atoms with E-state index in [1.165, 1.54) is 19.3 Å². The van der Waals surface area contributed by atoms with Crippen LogP contribution in [0.1, 0.15) is 71.1 Å². The Hall–Kier alpha value is -2.23. The van der Waals surface area contributed by atoms with Crippen molar-refractivity contribution in [2.24, 2.45) is 0 Å². The third kappa shape index (κ3) is 16.6. The molecule has 0 aromatic carbocycles. The highest BCUT2D eigenvalue weighted by atomic mass is 16.6. The summed E-state index contributed by atoms with van der Waals surface area (Å²) in [5.41, 5.74) is 0.201. The Kier molecular flexibility index (Phi) is 17.5. The zero-order chi connectivity index (χ0) is 19.3. The quantitative estimate of drug-likeness (QED) is 0.139. The average molecular weight is 359 g/mol. The largest absolute Gasteiger partial charge is 0.291 e. The molecule has 0 amide bonds. The molecule has 0 aliphatic carbocycles. The van der Waals surface area contributed by atoms with Gasteiger partial charge in [0.2, 0.25) is 5.70 Å². The number of unbranched alkanes of at least 4 members (excludes halogenated alkanes) is 4. The average Bonchev–Trinajstić information content (AvgIpc) is 2.63. The molecule has 4 nitrogen and oxygen atoms in total. The first-order valence-corrected chi connectivity index (χ1v) is 9.50. The maximum atomic E-state index is 11.0. The second-order valence-corrected chi connectivity index (χ2v) is 5.93. The van der Waals surface area contributed by atoms with Crippen LogP contribution in [0.5, 0.6) is 0 Å². The maximum Gasteiger partial charge on any atom is 0.246 e. The Balaban J connectivity index is 3.99. The molecule has 0 aliphatic rings. The van der Waals surface area contributed by atoms with Gasteiger partial charge in [0.25, 0.3) is 0 Å². The summed E-state index contributed by atoms with van der Waals surface area (Å²) in [7, 11) is 0. The van der Waals surface area contributed by atoms with Crippen LogP contribution in [0.3, 0.4) is 0 Å². The molecule has 0 saturated heterocycles. The Morgan fingerprint density at radius 3 is 2.15 bits per heavy atom. The van der Waals surface area contributed by atoms with E-state index < -0.39 is 0 Å². The molecule has 0 aromatic heterocycles. The molecule has 0 aliphatic heterocycles. The van der Waals surface area contributed by atoms with Crippen molar-refractivity contribution in [3.05, 3.63) is 70.5 Å². The zero-order valence-corrected chi connectivity index (χ0v) is 15.9. The molecule has 0 heterocycles. The first-order valence-electron chi connectivity index (χ1n) is 9.50. The molecule has 0 spiro atoms. The van der Waals surface area contributed by atoms with Crippen LogP contribution in [0, 0.1) is 10.1 Å². The smallest absolute Gasteiger partial charge is 0.246 e. The Labute approximate surface area is 158 Å². The van der Waals surface area contributed by atoms with Crippen LogP contribution in [-0.4, -0.2) is 11.2 Å². The van der Waals surface area contributed by atoms with Gasteiger partial charge in [0.05, 0.1) is 11.3 Å². The molecule has 4 heteroatoms. The molecule has 0 aromatic rings. The minimum atomic E-state index is -0.337. The van der Waals surface area contributed by atoms with Crippen LogP contribution < -0.4 is 0 Å². The van der Waals surface area contributed by atoms with Gasteiger partial charge in [-0.3, -0.25) is 14.9 Å². The molecule has 0 rings (SSSR count). The second kappa shape index (κ2) is 19.1. The van der Waals surface area contributed by atoms with Crippen LogP contribution in [0.2, 0.25) is 0 Å². The predicted octanol–water partition coefficient (Wildman–Crippen LogP) is 6.40. The van der Waals surface area contributed by atoms with Gasteiger partial charge < -0.3 is 0 Å². The minimum absolute atomic E-state index is 0.201. The van der Waals surface area contributed by atoms with E-state index >= 15 is 0 Å². The van der Waals surface area contributed by atoms with Crippen molar-refractivity contribution >= 4 is 6.29 Å². The lowest BCUT2D eigenvalue weighted by Crippen LogP contribution is -1.97. The van der Waals surface area contributed by atoms with Crippen molar-refractivity contribution in [2.45, 2.75) is 71.1 Å². The predicted molar refractivity (Wildman–Crippen MR) is 109 cm³/mol. The van der Waals surface area contributed by atoms with Crippen LogP contribution >= 0.6 is 0 Å². The number of hydrogen-bond acceptors (Lipinski definition) is 3. The summed E-state index contributed by atoms with van der Waals surface area (Å²) < 4.78 is 0. The number of carbonyl (C=O) groups excluding carboxylic acids is 1. The van der Waals surface area contributed by atoms with Gasteiger partial charge in [-0.2, -0.15) is 0 Å². The van der Waals surface area contributed by atoms with Gasteiger partial charge in [0.1, 0.15) is 0 Å². The fourth-order valence-corrected chi connectivity index (χ4v) is 2.17. The van der Waals surface area contributed by atoms with Crippen molar-refractivity contribution in [2.75, 3.05) is 0 Å². The molecule has 26 heavy (non-hydrogen) atoms.